The van der Waals surface area contributed by atoms with Crippen LogP contribution < -0.4 is 4.90 Å². The number of nitrogens with zero attached hydrogens (tertiary/aromatic N) is 1. The summed E-state index contributed by atoms with van der Waals surface area (Å²) in [5, 5.41) is 0. The Balaban J connectivity index is 1.79. The molecule has 1 saturated heterocycles. The number of epoxide rings is 1. The Morgan fingerprint density at radius 3 is 1.84 bits per heavy atom. The normalized spacial score (nSPS) is 16.4. The fraction of sp³-hybridized carbons (Fsp3) is 0.345. The van der Waals surface area contributed by atoms with E-state index in [9.17, 15) is 31.1 Å². The van der Waals surface area contributed by atoms with Crippen molar-refractivity contribution < 1.29 is 35.9 Å². The van der Waals surface area contributed by atoms with Gasteiger partial charge < -0.3 is 9.64 Å². The molecule has 9 heteroatoms. The third-order valence-electron chi connectivity index (χ3n) is 6.56. The van der Waals surface area contributed by atoms with E-state index in [1.54, 1.807) is 30.1 Å². The summed E-state index contributed by atoms with van der Waals surface area (Å²) in [6.07, 6.45) is -8.89. The molecule has 0 bridgehead atoms. The molecule has 2 atom stereocenters. The molecular weight excluding hydrogens is 508 g/mol. The molecule has 1 aliphatic heterocycles. The molecule has 0 N–H and O–H groups in total. The Bertz CT molecular complexity index is 1280. The molecule has 1 heterocycles. The lowest BCUT2D eigenvalue weighted by atomic mass is 9.84. The first-order valence-corrected chi connectivity index (χ1v) is 12.1. The minimum atomic E-state index is -4.48. The highest BCUT2D eigenvalue weighted by Crippen LogP contribution is 2.38. The van der Waals surface area contributed by atoms with Crippen molar-refractivity contribution in [2.75, 3.05) is 18.6 Å². The van der Waals surface area contributed by atoms with Crippen molar-refractivity contribution in [3.05, 3.63) is 83.4 Å². The van der Waals surface area contributed by atoms with Gasteiger partial charge in [-0.1, -0.05) is 32.0 Å². The maximum Gasteiger partial charge on any atom is 0.416 e. The van der Waals surface area contributed by atoms with Crippen LogP contribution in [0.2, 0.25) is 0 Å². The molecule has 0 aromatic heterocycles. The van der Waals surface area contributed by atoms with E-state index in [0.29, 0.717) is 41.1 Å². The second-order valence-electron chi connectivity index (χ2n) is 9.90. The molecule has 3 nitrogen and oxygen atoms in total. The Morgan fingerprint density at radius 2 is 1.37 bits per heavy atom. The summed E-state index contributed by atoms with van der Waals surface area (Å²) < 4.78 is 83.7. The van der Waals surface area contributed by atoms with E-state index in [1.165, 1.54) is 24.3 Å². The lowest BCUT2D eigenvalue weighted by Gasteiger charge is -2.25. The molecule has 0 amide bonds. The third-order valence-corrected chi connectivity index (χ3v) is 6.56. The third kappa shape index (κ3) is 6.38. The lowest BCUT2D eigenvalue weighted by Crippen LogP contribution is -2.20. The van der Waals surface area contributed by atoms with Gasteiger partial charge in [0.2, 0.25) is 0 Å². The van der Waals surface area contributed by atoms with E-state index in [4.69, 9.17) is 4.74 Å². The fourth-order valence-corrected chi connectivity index (χ4v) is 4.40. The zero-order valence-corrected chi connectivity index (χ0v) is 21.0. The van der Waals surface area contributed by atoms with Crippen molar-refractivity contribution in [3.63, 3.8) is 0 Å². The van der Waals surface area contributed by atoms with E-state index >= 15 is 0 Å². The number of carbonyl (C=O) groups is 1. The lowest BCUT2D eigenvalue weighted by molar-refractivity contribution is -0.138. The van der Waals surface area contributed by atoms with Crippen LogP contribution in [-0.2, 0) is 21.9 Å². The van der Waals surface area contributed by atoms with Crippen LogP contribution in [0.5, 0.6) is 0 Å². The first-order chi connectivity index (χ1) is 17.7. The number of rotatable bonds is 8. The van der Waals surface area contributed by atoms with Crippen LogP contribution in [0.1, 0.15) is 42.9 Å². The van der Waals surface area contributed by atoms with Crippen LogP contribution in [0, 0.1) is 5.92 Å². The van der Waals surface area contributed by atoms with Crippen LogP contribution in [-0.4, -0.2) is 25.5 Å². The average Bonchev–Trinajstić information content (AvgIpc) is 3.71. The minimum absolute atomic E-state index is 0.0635. The molecule has 0 saturated carbocycles. The van der Waals surface area contributed by atoms with Gasteiger partial charge in [-0.25, -0.2) is 0 Å². The quantitative estimate of drug-likeness (QED) is 0.215. The SMILES string of the molecule is CC(C)CC(C(=O)C1CO1)c1cc(-c2ccc(C(F)(F)F)cc2)cc(N(C)c2ccc(C(F)(F)F)cc2)c1. The molecule has 0 aliphatic carbocycles. The van der Waals surface area contributed by atoms with E-state index in [0.717, 1.165) is 24.3 Å². The standard InChI is InChI=1S/C29H27F6NO2/c1-17(2)12-25(27(37)26-16-38-26)20-13-19(18-4-6-21(7-5-18)28(30,31)32)14-24(15-20)36(3)23-10-8-22(9-11-23)29(33,34)35/h4-11,13-15,17,25-26H,12,16H2,1-3H3. The Kier molecular flexibility index (Phi) is 7.61. The summed E-state index contributed by atoms with van der Waals surface area (Å²) >= 11 is 0. The number of benzene rings is 3. The molecule has 1 fully saturated rings. The first kappa shape index (κ1) is 27.7. The van der Waals surface area contributed by atoms with Gasteiger partial charge in [-0.15, -0.1) is 0 Å². The zero-order chi connectivity index (χ0) is 27.8. The number of hydrogen-bond donors (Lipinski definition) is 0. The number of hydrogen-bond acceptors (Lipinski definition) is 3. The molecule has 0 radical (unpaired) electrons. The van der Waals surface area contributed by atoms with Crippen molar-refractivity contribution in [1.29, 1.82) is 0 Å². The van der Waals surface area contributed by atoms with Crippen LogP contribution in [0.15, 0.2) is 66.7 Å². The van der Waals surface area contributed by atoms with Crippen LogP contribution >= 0.6 is 0 Å². The number of ketones is 1. The van der Waals surface area contributed by atoms with Gasteiger partial charge in [-0.3, -0.25) is 4.79 Å². The minimum Gasteiger partial charge on any atom is -0.365 e. The molecule has 38 heavy (non-hydrogen) atoms. The summed E-state index contributed by atoms with van der Waals surface area (Å²) in [6, 6.07) is 14.7. The van der Waals surface area contributed by atoms with Crippen LogP contribution in [0.25, 0.3) is 11.1 Å². The predicted octanol–water partition coefficient (Wildman–Crippen LogP) is 8.26. The van der Waals surface area contributed by atoms with Gasteiger partial charge in [0.15, 0.2) is 5.78 Å². The Labute approximate surface area is 217 Å². The fourth-order valence-electron chi connectivity index (χ4n) is 4.40. The highest BCUT2D eigenvalue weighted by molar-refractivity contribution is 5.92. The van der Waals surface area contributed by atoms with Gasteiger partial charge in [-0.05, 0) is 77.6 Å². The highest BCUT2D eigenvalue weighted by atomic mass is 19.4. The number of halogens is 6. The summed E-state index contributed by atoms with van der Waals surface area (Å²) in [7, 11) is 1.68. The van der Waals surface area contributed by atoms with Crippen molar-refractivity contribution >= 4 is 17.2 Å². The zero-order valence-electron chi connectivity index (χ0n) is 21.0. The van der Waals surface area contributed by atoms with Gasteiger partial charge in [0.1, 0.15) is 6.10 Å². The average molecular weight is 536 g/mol. The summed E-state index contributed by atoms with van der Waals surface area (Å²) in [5.41, 5.74) is 1.27. The number of Topliss-reactive ketones (excluding diaryl/α,β-unsaturated/α-hetero) is 1. The summed E-state index contributed by atoms with van der Waals surface area (Å²) in [5.74, 6) is -0.392. The van der Waals surface area contributed by atoms with E-state index in [2.05, 4.69) is 0 Å². The topological polar surface area (TPSA) is 32.8 Å². The van der Waals surface area contributed by atoms with E-state index in [1.807, 2.05) is 13.8 Å². The second-order valence-corrected chi connectivity index (χ2v) is 9.90. The first-order valence-electron chi connectivity index (χ1n) is 12.1. The maximum atomic E-state index is 13.2. The summed E-state index contributed by atoms with van der Waals surface area (Å²) in [4.78, 5) is 14.8. The largest absolute Gasteiger partial charge is 0.416 e. The molecule has 0 spiro atoms. The molecule has 3 aromatic rings. The number of anilines is 2. The van der Waals surface area contributed by atoms with Gasteiger partial charge >= 0.3 is 12.4 Å². The molecular formula is C29H27F6NO2. The van der Waals surface area contributed by atoms with Crippen molar-refractivity contribution in [1.82, 2.24) is 0 Å². The summed E-state index contributed by atoms with van der Waals surface area (Å²) in [6.45, 7) is 4.33. The Morgan fingerprint density at radius 1 is 0.842 bits per heavy atom. The highest BCUT2D eigenvalue weighted by Gasteiger charge is 2.37. The molecule has 3 aromatic carbocycles. The smallest absolute Gasteiger partial charge is 0.365 e. The predicted molar refractivity (Wildman–Crippen MR) is 133 cm³/mol. The molecule has 1 aliphatic rings. The second kappa shape index (κ2) is 10.4. The van der Waals surface area contributed by atoms with E-state index < -0.39 is 35.5 Å². The number of carbonyl (C=O) groups excluding carboxylic acids is 1. The molecule has 202 valence electrons. The molecule has 2 unspecified atom stereocenters. The van der Waals surface area contributed by atoms with Crippen LogP contribution in [0.4, 0.5) is 37.7 Å². The molecule has 4 rings (SSSR count). The van der Waals surface area contributed by atoms with Gasteiger partial charge in [-0.2, -0.15) is 26.3 Å². The number of ether oxygens (including phenoxy) is 1. The Hall–Kier alpha value is -3.33. The van der Waals surface area contributed by atoms with Crippen molar-refractivity contribution in [2.45, 2.75) is 44.6 Å². The van der Waals surface area contributed by atoms with Gasteiger partial charge in [0.25, 0.3) is 0 Å². The maximum absolute atomic E-state index is 13.2. The van der Waals surface area contributed by atoms with Crippen LogP contribution in [0.3, 0.4) is 0 Å². The monoisotopic (exact) mass is 535 g/mol. The van der Waals surface area contributed by atoms with Gasteiger partial charge in [0, 0.05) is 24.3 Å². The van der Waals surface area contributed by atoms with Crippen molar-refractivity contribution in [3.8, 4) is 11.1 Å². The van der Waals surface area contributed by atoms with Crippen molar-refractivity contribution in [2.24, 2.45) is 5.92 Å². The number of alkyl halides is 6. The van der Waals surface area contributed by atoms with E-state index in [-0.39, 0.29) is 11.7 Å². The van der Waals surface area contributed by atoms with Gasteiger partial charge in [0.05, 0.1) is 17.7 Å².